The second kappa shape index (κ2) is 23.2. The number of fused-ring (bicyclic) bond motifs is 3. The summed E-state index contributed by atoms with van der Waals surface area (Å²) in [5.41, 5.74) is 1.36. The third kappa shape index (κ3) is 12.7. The molecule has 0 atom stereocenters. The Morgan fingerprint density at radius 1 is 0.488 bits per heavy atom. The number of nitrogens with two attached hydrogens (primary N) is 1. The average Bonchev–Trinajstić information content (AvgIpc) is 3.21. The molecule has 0 aliphatic rings. The Hall–Kier alpha value is -8.36. The lowest BCUT2D eigenvalue weighted by Gasteiger charge is -2.14. The number of hydrogen-bond donors (Lipinski definition) is 10. The molecule has 0 saturated carbocycles. The van der Waals surface area contributed by atoms with Gasteiger partial charge in [0.05, 0.1) is 61.2 Å². The lowest BCUT2D eigenvalue weighted by molar-refractivity contribution is -0.432. The number of non-ortho nitro benzene ring substituents is 1. The molecule has 0 amide bonds. The molecule has 0 fully saturated rings. The molecular weight excluding hydrogens is 1220 g/mol. The maximum absolute atomic E-state index is 12.8. The van der Waals surface area contributed by atoms with E-state index < -0.39 is 121 Å². The molecule has 0 saturated heterocycles. The number of nitrogens with zero attached hydrogens (tertiary/aromatic N) is 9. The highest BCUT2D eigenvalue weighted by Gasteiger charge is 2.29. The molecule has 426 valence electrons. The number of nitro groups is 1. The topological polar surface area (TPSA) is 524 Å². The molecule has 0 heterocycles. The van der Waals surface area contributed by atoms with Gasteiger partial charge in [0.1, 0.15) is 53.7 Å². The molecule has 11 N–H and O–H groups in total. The van der Waals surface area contributed by atoms with Crippen LogP contribution in [0.5, 0.6) is 17.2 Å². The molecule has 8 rings (SSSR count). The summed E-state index contributed by atoms with van der Waals surface area (Å²) >= 11 is 0.504. The monoisotopic (exact) mass is 1250 g/mol. The highest BCUT2D eigenvalue weighted by atomic mass is 32.2. The summed E-state index contributed by atoms with van der Waals surface area (Å²) in [5.74, 6) is -2.71. The van der Waals surface area contributed by atoms with Crippen molar-refractivity contribution >= 4 is 154 Å². The highest BCUT2D eigenvalue weighted by Crippen LogP contribution is 2.50. The Kier molecular flexibility index (Phi) is 16.9. The first-order chi connectivity index (χ1) is 38.5. The summed E-state index contributed by atoms with van der Waals surface area (Å²) in [6.45, 7) is 1.55. The number of hydrogen-bond acceptors (Lipinski definition) is 30. The number of rotatable bonds is 19. The van der Waals surface area contributed by atoms with Crippen molar-refractivity contribution in [2.24, 2.45) is 40.9 Å². The van der Waals surface area contributed by atoms with Crippen molar-refractivity contribution in [2.75, 3.05) is 5.73 Å². The minimum absolute atomic E-state index is 0.00934. The predicted octanol–water partition coefficient (Wildman–Crippen LogP) is 11.6. The van der Waals surface area contributed by atoms with Crippen molar-refractivity contribution in [3.63, 3.8) is 0 Å². The van der Waals surface area contributed by atoms with Crippen LogP contribution >= 0.6 is 24.1 Å². The van der Waals surface area contributed by atoms with Gasteiger partial charge >= 0.3 is 0 Å². The van der Waals surface area contributed by atoms with E-state index in [0.717, 1.165) is 48.5 Å². The van der Waals surface area contributed by atoms with E-state index in [9.17, 15) is 77.3 Å². The quantitative estimate of drug-likeness (QED) is 0.00683. The van der Waals surface area contributed by atoms with Gasteiger partial charge in [0, 0.05) is 22.9 Å². The number of aryl methyl sites for hydroxylation is 1. The third-order valence-electron chi connectivity index (χ3n) is 11.1. The van der Waals surface area contributed by atoms with Crippen LogP contribution < -0.4 is 5.73 Å². The van der Waals surface area contributed by atoms with E-state index in [2.05, 4.69) is 59.7 Å². The first-order valence-corrected chi connectivity index (χ1v) is 28.7. The van der Waals surface area contributed by atoms with Gasteiger partial charge in [-0.25, -0.2) is 10.5 Å². The first kappa shape index (κ1) is 59.8. The zero-order chi connectivity index (χ0) is 59.8. The normalized spacial score (nSPS) is 12.9. The molecule has 0 bridgehead atoms. The molecule has 8 aromatic rings. The van der Waals surface area contributed by atoms with Crippen molar-refractivity contribution in [2.45, 2.75) is 36.3 Å². The minimum Gasteiger partial charge on any atom is -0.505 e. The maximum atomic E-state index is 12.8. The highest BCUT2D eigenvalue weighted by molar-refractivity contribution is 7.95. The molecule has 82 heavy (non-hydrogen) atoms. The summed E-state index contributed by atoms with van der Waals surface area (Å²) in [6.07, 6.45) is 0. The first-order valence-electron chi connectivity index (χ1n) is 21.5. The van der Waals surface area contributed by atoms with Crippen molar-refractivity contribution in [1.82, 2.24) is 0 Å². The lowest BCUT2D eigenvalue weighted by atomic mass is 10.0. The molecule has 0 spiro atoms. The number of phenols is 3. The maximum Gasteiger partial charge on any atom is 0.296 e. The second-order valence-corrected chi connectivity index (χ2v) is 23.3. The number of nitro benzene ring substituents is 1. The number of phenolic OH excluding ortho intramolecular Hbond substituents is 3. The van der Waals surface area contributed by atoms with Gasteiger partial charge in [-0.15, -0.1) is 39.4 Å². The fraction of sp³-hybridized carbons (Fsp3) is 0.0233. The predicted molar refractivity (Wildman–Crippen MR) is 283 cm³/mol. The van der Waals surface area contributed by atoms with Gasteiger partial charge in [-0.3, -0.25) is 28.3 Å². The van der Waals surface area contributed by atoms with Gasteiger partial charge in [0.15, 0.2) is 17.2 Å². The smallest absolute Gasteiger partial charge is 0.296 e. The van der Waals surface area contributed by atoms with Crippen LogP contribution in [-0.2, 0) is 59.2 Å². The van der Waals surface area contributed by atoms with Gasteiger partial charge in [-0.1, -0.05) is 16.1 Å². The van der Waals surface area contributed by atoms with Crippen molar-refractivity contribution in [3.05, 3.63) is 113 Å². The zero-order valence-corrected chi connectivity index (χ0v) is 44.9. The molecule has 0 radical (unpaired) electrons. The number of azo groups is 4. The molecule has 0 aliphatic carbocycles. The summed E-state index contributed by atoms with van der Waals surface area (Å²) in [6, 6.07) is 17.0. The van der Waals surface area contributed by atoms with E-state index in [0.29, 0.717) is 17.7 Å². The Morgan fingerprint density at radius 3 is 1.49 bits per heavy atom. The van der Waals surface area contributed by atoms with E-state index >= 15 is 0 Å². The largest absolute Gasteiger partial charge is 0.505 e. The van der Waals surface area contributed by atoms with Gasteiger partial charge in [-0.05, 0) is 108 Å². The van der Waals surface area contributed by atoms with E-state index in [1.165, 1.54) is 36.4 Å². The summed E-state index contributed by atoms with van der Waals surface area (Å²) in [5, 5.41) is 99.7. The van der Waals surface area contributed by atoms with E-state index in [1.54, 1.807) is 6.92 Å². The molecule has 0 aromatic heterocycles. The fourth-order valence-electron chi connectivity index (χ4n) is 7.56. The van der Waals surface area contributed by atoms with Crippen LogP contribution in [0.2, 0.25) is 0 Å². The van der Waals surface area contributed by atoms with Crippen molar-refractivity contribution in [3.8, 4) is 17.2 Å². The second-order valence-electron chi connectivity index (χ2n) is 16.3. The number of nitrogen functional groups attached to an aromatic ring is 1. The molecular formula is C43H30N10O23S6. The molecule has 0 unspecified atom stereocenters. The van der Waals surface area contributed by atoms with Crippen LogP contribution in [0, 0.1) is 17.0 Å². The van der Waals surface area contributed by atoms with Gasteiger partial charge in [0.2, 0.25) is 0 Å². The van der Waals surface area contributed by atoms with Crippen LogP contribution in [-0.4, -0.2) is 82.6 Å². The fourth-order valence-corrected chi connectivity index (χ4v) is 11.2. The Morgan fingerprint density at radius 2 is 0.939 bits per heavy atom. The van der Waals surface area contributed by atoms with E-state index in [-0.39, 0.29) is 83.9 Å². The van der Waals surface area contributed by atoms with Gasteiger partial charge in [-0.2, -0.15) is 43.9 Å². The number of aromatic hydroxyl groups is 3. The van der Waals surface area contributed by atoms with Crippen LogP contribution in [0.25, 0.3) is 32.3 Å². The van der Waals surface area contributed by atoms with Crippen LogP contribution in [0.1, 0.15) is 5.56 Å². The van der Waals surface area contributed by atoms with Crippen molar-refractivity contribution in [1.29, 1.82) is 0 Å². The summed E-state index contributed by atoms with van der Waals surface area (Å²) < 4.78 is 150. The number of anilines is 1. The standard InChI is InChI=1S/C43H30N10O23S6/c1-18-2-8-28(31(10-18)79(61,62)63)48-49-37-30(78-76-74-60)13-19-11-22(3-6-25(19)41(37)54)46-51-40-34(82(70,71)72)16-21-15-32(80(64,65)66)38(36(44)35(21)43(40)56)50-45-23-4-7-26-20(12-23)14-33(81(67,68)69)39(42(26)55)52-47-27-9-5-24(53(57)58)17-29(27)77-75-73-59/h2-17,54-56,59-60H,44H2,1H3,(H,61,62,63)(H,64,65,66)(H,67,68,69)(H,70,71,72). The van der Waals surface area contributed by atoms with Crippen LogP contribution in [0.3, 0.4) is 0 Å². The van der Waals surface area contributed by atoms with Gasteiger partial charge < -0.3 is 21.1 Å². The zero-order valence-electron chi connectivity index (χ0n) is 40.0. The minimum atomic E-state index is -5.41. The summed E-state index contributed by atoms with van der Waals surface area (Å²) in [7, 11) is -20.9. The average molecular weight is 1250 g/mol. The van der Waals surface area contributed by atoms with Gasteiger partial charge in [0.25, 0.3) is 46.2 Å². The van der Waals surface area contributed by atoms with E-state index in [1.807, 2.05) is 0 Å². The Bertz CT molecular complexity index is 4610. The molecule has 39 heteroatoms. The molecule has 0 aliphatic heterocycles. The van der Waals surface area contributed by atoms with Crippen LogP contribution in [0.15, 0.2) is 167 Å². The SMILES string of the molecule is Cc1ccc(N=Nc2c(SOOO)cc3cc(N=Nc4c(S(=O)(=O)O)cc5cc(S(=O)(=O)O)c(N=Nc6ccc7c(O)c(N=Nc8ccc([N+](=O)[O-])cc8SOOO)c(S(=O)(=O)O)cc7c6)c(N)c5c4O)ccc3c2O)c(S(=O)(=O)O)c1. The van der Waals surface area contributed by atoms with Crippen LogP contribution in [0.4, 0.5) is 56.9 Å². The Labute approximate surface area is 465 Å². The van der Waals surface area contributed by atoms with E-state index in [4.69, 9.17) is 16.2 Å². The Balaban J connectivity index is 1.19. The summed E-state index contributed by atoms with van der Waals surface area (Å²) in [4.78, 5) is 6.19. The van der Waals surface area contributed by atoms with Crippen molar-refractivity contribution < 1.29 is 101 Å². The molecule has 33 nitrogen and oxygen atoms in total. The lowest BCUT2D eigenvalue weighted by Crippen LogP contribution is -2.03. The molecule has 8 aromatic carbocycles. The third-order valence-corrected chi connectivity index (χ3v) is 15.9. The number of benzene rings is 8.